The van der Waals surface area contributed by atoms with Crippen LogP contribution >= 0.6 is 82.3 Å². The second kappa shape index (κ2) is 36.1. The van der Waals surface area contributed by atoms with Crippen LogP contribution in [0.15, 0.2) is 9.98 Å². The SMILES string of the molecule is O=C(NCCSCC/N=C\[S+]([O-])CCSCCSC(=O)NCCSCC/N=C\[S+]([O-])CCSCCO)SCCSCCO. The Balaban J connectivity index is 3.47. The first kappa shape index (κ1) is 44.3. The van der Waals surface area contributed by atoms with Crippen molar-refractivity contribution in [2.24, 2.45) is 9.98 Å². The van der Waals surface area contributed by atoms with Gasteiger partial charge in [-0.2, -0.15) is 58.8 Å². The van der Waals surface area contributed by atoms with Crippen molar-refractivity contribution in [1.29, 1.82) is 0 Å². The second-order valence-corrected chi connectivity index (χ2v) is 18.8. The maximum absolute atomic E-state index is 12.0. The molecule has 0 radical (unpaired) electrons. The van der Waals surface area contributed by atoms with E-state index in [1.807, 2.05) is 0 Å². The number of aliphatic hydroxyl groups is 2. The number of hydrogen-bond acceptors (Lipinski definition) is 15. The van der Waals surface area contributed by atoms with Gasteiger partial charge in [0.1, 0.15) is 11.5 Å². The van der Waals surface area contributed by atoms with Gasteiger partial charge in [-0.05, 0) is 22.4 Å². The van der Waals surface area contributed by atoms with Crippen LogP contribution in [0.1, 0.15) is 0 Å². The lowest BCUT2D eigenvalue weighted by molar-refractivity contribution is 0.260. The maximum Gasteiger partial charge on any atom is 0.279 e. The fourth-order valence-corrected chi connectivity index (χ4v) is 10.1. The average Bonchev–Trinajstić information content (AvgIpc) is 2.99. The van der Waals surface area contributed by atoms with Gasteiger partial charge in [-0.15, -0.1) is 0 Å². The first-order chi connectivity index (χ1) is 21.0. The molecule has 2 unspecified atom stereocenters. The standard InChI is InChI=1S/C24H46N4O6S9/c29-5-11-37-13-15-40-23(31)27-3-9-36-8-2-26-22-43(34)20-18-39-14-16-41-24(32)28-4-10-35-7-1-25-21-42(33)19-17-38-12-6-30/h21-22,29-30H,1-20H2,(H,27,31)(H,28,32)/b25-21-,26-22-. The molecule has 0 rings (SSSR count). The molecule has 0 aliphatic rings. The summed E-state index contributed by atoms with van der Waals surface area (Å²) in [5.74, 6) is 10.3. The fraction of sp³-hybridized carbons (Fsp3) is 0.833. The van der Waals surface area contributed by atoms with Gasteiger partial charge in [0.15, 0.2) is 0 Å². The Morgan fingerprint density at radius 3 is 1.42 bits per heavy atom. The number of amides is 2. The molecule has 0 aliphatic carbocycles. The maximum atomic E-state index is 12.0. The van der Waals surface area contributed by atoms with Crippen molar-refractivity contribution < 1.29 is 28.9 Å². The van der Waals surface area contributed by atoms with Gasteiger partial charge in [0.25, 0.3) is 10.5 Å². The molecule has 0 aromatic heterocycles. The lowest BCUT2D eigenvalue weighted by atomic mass is 10.8. The topological polar surface area (TPSA) is 169 Å². The van der Waals surface area contributed by atoms with E-state index in [0.29, 0.717) is 54.9 Å². The number of aliphatic hydroxyl groups excluding tert-OH is 2. The molecule has 0 spiro atoms. The fourth-order valence-electron chi connectivity index (χ4n) is 2.47. The van der Waals surface area contributed by atoms with Gasteiger partial charge in [-0.25, -0.2) is 9.98 Å². The molecule has 0 bridgehead atoms. The molecule has 0 aliphatic heterocycles. The molecular weight excluding hydrogens is 729 g/mol. The lowest BCUT2D eigenvalue weighted by Gasteiger charge is -2.06. The highest BCUT2D eigenvalue weighted by Gasteiger charge is 2.05. The zero-order valence-electron chi connectivity index (χ0n) is 24.4. The molecule has 252 valence electrons. The van der Waals surface area contributed by atoms with Crippen LogP contribution in [0.4, 0.5) is 9.59 Å². The van der Waals surface area contributed by atoms with Crippen LogP contribution in [0, 0.1) is 0 Å². The number of carbonyl (C=O) groups is 2. The van der Waals surface area contributed by atoms with Crippen molar-refractivity contribution in [1.82, 2.24) is 10.6 Å². The molecule has 0 saturated heterocycles. The minimum atomic E-state index is -1.09. The van der Waals surface area contributed by atoms with E-state index in [9.17, 15) is 18.7 Å². The van der Waals surface area contributed by atoms with Crippen LogP contribution in [0.25, 0.3) is 0 Å². The van der Waals surface area contributed by atoms with E-state index in [2.05, 4.69) is 20.6 Å². The molecule has 0 heterocycles. The molecule has 4 N–H and O–H groups in total. The highest BCUT2D eigenvalue weighted by atomic mass is 32.2. The molecule has 43 heavy (non-hydrogen) atoms. The third kappa shape index (κ3) is 36.0. The number of hydrogen-bond donors (Lipinski definition) is 4. The van der Waals surface area contributed by atoms with Gasteiger partial charge in [0.05, 0.1) is 26.3 Å². The van der Waals surface area contributed by atoms with Crippen LogP contribution < -0.4 is 10.6 Å². The first-order valence-corrected chi connectivity index (χ1v) is 24.2. The minimum absolute atomic E-state index is 0.0169. The molecule has 2 atom stereocenters. The summed E-state index contributed by atoms with van der Waals surface area (Å²) < 4.78 is 23.8. The zero-order valence-corrected chi connectivity index (χ0v) is 31.7. The Bertz CT molecular complexity index is 720. The van der Waals surface area contributed by atoms with E-state index in [1.54, 1.807) is 58.8 Å². The van der Waals surface area contributed by atoms with Crippen LogP contribution in [0.3, 0.4) is 0 Å². The van der Waals surface area contributed by atoms with E-state index >= 15 is 0 Å². The number of nitrogens with one attached hydrogen (secondary N) is 2. The van der Waals surface area contributed by atoms with Crippen molar-refractivity contribution in [2.75, 3.05) is 120 Å². The van der Waals surface area contributed by atoms with E-state index in [4.69, 9.17) is 10.2 Å². The summed E-state index contributed by atoms with van der Waals surface area (Å²) in [4.78, 5) is 32.0. The summed E-state index contributed by atoms with van der Waals surface area (Å²) in [6, 6.07) is 0. The van der Waals surface area contributed by atoms with Gasteiger partial charge in [-0.3, -0.25) is 9.59 Å². The monoisotopic (exact) mass is 774 g/mol. The molecular formula is C24H46N4O6S9. The predicted molar refractivity (Wildman–Crippen MR) is 205 cm³/mol. The Morgan fingerprint density at radius 1 is 0.581 bits per heavy atom. The van der Waals surface area contributed by atoms with Crippen molar-refractivity contribution in [3.8, 4) is 0 Å². The van der Waals surface area contributed by atoms with Gasteiger partial charge < -0.3 is 30.0 Å². The Hall–Kier alpha value is 1.27. The summed E-state index contributed by atoms with van der Waals surface area (Å²) in [5.41, 5.74) is 3.02. The largest absolute Gasteiger partial charge is 0.611 e. The third-order valence-corrected chi connectivity index (χ3v) is 13.9. The van der Waals surface area contributed by atoms with Crippen LogP contribution in [0.5, 0.6) is 0 Å². The Morgan fingerprint density at radius 2 is 0.977 bits per heavy atom. The summed E-state index contributed by atoms with van der Waals surface area (Å²) in [6.45, 7) is 2.72. The molecule has 2 amide bonds. The van der Waals surface area contributed by atoms with Crippen LogP contribution in [-0.2, 0) is 22.4 Å². The predicted octanol–water partition coefficient (Wildman–Crippen LogP) is 3.08. The summed E-state index contributed by atoms with van der Waals surface area (Å²) >= 11 is 8.67. The van der Waals surface area contributed by atoms with Crippen molar-refractivity contribution in [2.45, 2.75) is 0 Å². The Labute approximate surface area is 293 Å². The zero-order chi connectivity index (χ0) is 31.6. The summed E-state index contributed by atoms with van der Waals surface area (Å²) in [5, 5.41) is 23.1. The summed E-state index contributed by atoms with van der Waals surface area (Å²) in [7, 11) is 0. The molecule has 0 aromatic rings. The molecule has 0 saturated carbocycles. The van der Waals surface area contributed by atoms with Gasteiger partial charge in [-0.1, -0.05) is 23.5 Å². The quantitative estimate of drug-likeness (QED) is 0.0364. The number of carbonyl (C=O) groups excluding carboxylic acids is 2. The van der Waals surface area contributed by atoms with Crippen molar-refractivity contribution >= 4 is 126 Å². The average molecular weight is 775 g/mol. The van der Waals surface area contributed by atoms with Crippen molar-refractivity contribution in [3.63, 3.8) is 0 Å². The summed E-state index contributed by atoms with van der Waals surface area (Å²) in [6.07, 6.45) is 0. The first-order valence-electron chi connectivity index (χ1n) is 13.7. The normalized spacial score (nSPS) is 13.1. The minimum Gasteiger partial charge on any atom is -0.611 e. The van der Waals surface area contributed by atoms with E-state index < -0.39 is 22.4 Å². The molecule has 0 fully saturated rings. The number of aliphatic imine (C=N–C) groups is 2. The third-order valence-electron chi connectivity index (χ3n) is 4.40. The smallest absolute Gasteiger partial charge is 0.279 e. The number of nitrogens with zero attached hydrogens (tertiary/aromatic N) is 2. The van der Waals surface area contributed by atoms with Gasteiger partial charge in [0, 0.05) is 82.1 Å². The lowest BCUT2D eigenvalue weighted by Crippen LogP contribution is -2.22. The Kier molecular flexibility index (Phi) is 37.2. The van der Waals surface area contributed by atoms with Crippen molar-refractivity contribution in [3.05, 3.63) is 0 Å². The van der Waals surface area contributed by atoms with E-state index in [0.717, 1.165) is 51.8 Å². The van der Waals surface area contributed by atoms with Gasteiger partial charge in [0.2, 0.25) is 11.1 Å². The molecule has 0 aromatic carbocycles. The van der Waals surface area contributed by atoms with Crippen LogP contribution in [-0.4, -0.2) is 161 Å². The number of thioether (sulfide) groups is 7. The van der Waals surface area contributed by atoms with E-state index in [-0.39, 0.29) is 23.7 Å². The van der Waals surface area contributed by atoms with Crippen LogP contribution in [0.2, 0.25) is 0 Å². The van der Waals surface area contributed by atoms with Gasteiger partial charge >= 0.3 is 0 Å². The van der Waals surface area contributed by atoms with E-state index in [1.165, 1.54) is 34.6 Å². The highest BCUT2D eigenvalue weighted by Crippen LogP contribution is 2.10. The molecule has 10 nitrogen and oxygen atoms in total. The number of rotatable bonds is 30. The second-order valence-electron chi connectivity index (χ2n) is 7.83. The highest BCUT2D eigenvalue weighted by molar-refractivity contribution is 8.14. The molecule has 19 heteroatoms.